The summed E-state index contributed by atoms with van der Waals surface area (Å²) in [5, 5.41) is 9.46. The highest BCUT2D eigenvalue weighted by atomic mass is 16.5. The van der Waals surface area contributed by atoms with Gasteiger partial charge >= 0.3 is 0 Å². The zero-order valence-corrected chi connectivity index (χ0v) is 18.3. The topological polar surface area (TPSA) is 78.0 Å². The third kappa shape index (κ3) is 8.83. The lowest BCUT2D eigenvalue weighted by Crippen LogP contribution is -2.46. The summed E-state index contributed by atoms with van der Waals surface area (Å²) in [6.07, 6.45) is 0.124. The molecular weight excluding hydrogens is 366 g/mol. The fourth-order valence-corrected chi connectivity index (χ4v) is 3.35. The summed E-state index contributed by atoms with van der Waals surface area (Å²) < 4.78 is 5.87. The van der Waals surface area contributed by atoms with Crippen LogP contribution >= 0.6 is 0 Å². The Morgan fingerprint density at radius 2 is 2.07 bits per heavy atom. The summed E-state index contributed by atoms with van der Waals surface area (Å²) in [5.74, 6) is 1.35. The average molecular weight is 404 g/mol. The number of hydrogen-bond acceptors (Lipinski definition) is 4. The average Bonchev–Trinajstić information content (AvgIpc) is 2.69. The summed E-state index contributed by atoms with van der Waals surface area (Å²) in [7, 11) is 0. The fourth-order valence-electron chi connectivity index (χ4n) is 3.35. The fraction of sp³-hybridized carbons (Fsp3) is 0.636. The maximum atomic E-state index is 12.2. The smallest absolute Gasteiger partial charge is 0.251 e. The van der Waals surface area contributed by atoms with Gasteiger partial charge in [-0.1, -0.05) is 31.5 Å². The Labute approximate surface area is 175 Å². The Balaban J connectivity index is 1.75. The number of nitrogens with zero attached hydrogens (tertiary/aromatic N) is 2. The lowest BCUT2D eigenvalue weighted by atomic mass is 10.1. The maximum absolute atomic E-state index is 12.2. The van der Waals surface area contributed by atoms with Gasteiger partial charge < -0.3 is 20.7 Å². The van der Waals surface area contributed by atoms with Gasteiger partial charge in [-0.05, 0) is 31.9 Å². The standard InChI is InChI=1S/C22H37N5O2/c1-5-23-22(26-14-20-16-27(11-12-29-20)15-17(2)3)25-10-9-24-21(28)19-8-6-7-18(4)13-19/h6-8,13,17,20H,5,9-12,14-16H2,1-4H3,(H,24,28)(H2,23,25,26). The number of guanidine groups is 1. The van der Waals surface area contributed by atoms with Crippen LogP contribution in [-0.2, 0) is 4.74 Å². The predicted octanol–water partition coefficient (Wildman–Crippen LogP) is 1.64. The number of carbonyl (C=O) groups excluding carboxylic acids is 1. The molecule has 0 aromatic heterocycles. The van der Waals surface area contributed by atoms with Gasteiger partial charge in [0.1, 0.15) is 0 Å². The molecule has 1 unspecified atom stereocenters. The van der Waals surface area contributed by atoms with Crippen molar-refractivity contribution in [3.63, 3.8) is 0 Å². The molecule has 0 saturated carbocycles. The SMILES string of the molecule is CCNC(=NCC1CN(CC(C)C)CCO1)NCCNC(=O)c1cccc(C)c1. The van der Waals surface area contributed by atoms with E-state index < -0.39 is 0 Å². The molecule has 1 aromatic rings. The van der Waals surface area contributed by atoms with Crippen molar-refractivity contribution in [2.45, 2.75) is 33.8 Å². The van der Waals surface area contributed by atoms with Crippen molar-refractivity contribution in [1.82, 2.24) is 20.9 Å². The van der Waals surface area contributed by atoms with E-state index in [0.717, 1.165) is 44.3 Å². The van der Waals surface area contributed by atoms with E-state index in [9.17, 15) is 4.79 Å². The molecule has 7 heteroatoms. The Hall–Kier alpha value is -2.12. The van der Waals surface area contributed by atoms with E-state index >= 15 is 0 Å². The third-order valence-corrected chi connectivity index (χ3v) is 4.63. The van der Waals surface area contributed by atoms with Gasteiger partial charge in [0.2, 0.25) is 0 Å². The maximum Gasteiger partial charge on any atom is 0.251 e. The van der Waals surface area contributed by atoms with Gasteiger partial charge in [0.25, 0.3) is 5.91 Å². The van der Waals surface area contributed by atoms with Crippen LogP contribution in [0.2, 0.25) is 0 Å². The quantitative estimate of drug-likeness (QED) is 0.332. The first-order valence-corrected chi connectivity index (χ1v) is 10.7. The van der Waals surface area contributed by atoms with E-state index in [0.29, 0.717) is 31.1 Å². The van der Waals surface area contributed by atoms with Crippen molar-refractivity contribution in [2.75, 3.05) is 52.4 Å². The van der Waals surface area contributed by atoms with Crippen LogP contribution in [0.1, 0.15) is 36.7 Å². The van der Waals surface area contributed by atoms with Crippen LogP contribution in [0.25, 0.3) is 0 Å². The van der Waals surface area contributed by atoms with Crippen molar-refractivity contribution < 1.29 is 9.53 Å². The molecule has 1 saturated heterocycles. The van der Waals surface area contributed by atoms with Gasteiger partial charge in [-0.2, -0.15) is 0 Å². The van der Waals surface area contributed by atoms with E-state index in [1.165, 1.54) is 0 Å². The number of ether oxygens (including phenoxy) is 1. The van der Waals surface area contributed by atoms with E-state index in [4.69, 9.17) is 4.74 Å². The molecule has 7 nitrogen and oxygen atoms in total. The molecule has 162 valence electrons. The number of aryl methyl sites for hydroxylation is 1. The second kappa shape index (κ2) is 12.4. The van der Waals surface area contributed by atoms with Crippen LogP contribution in [0.15, 0.2) is 29.3 Å². The Morgan fingerprint density at radius 1 is 1.28 bits per heavy atom. The molecule has 1 amide bonds. The summed E-state index contributed by atoms with van der Waals surface area (Å²) in [6, 6.07) is 7.60. The van der Waals surface area contributed by atoms with Gasteiger partial charge in [-0.3, -0.25) is 14.7 Å². The number of morpholine rings is 1. The monoisotopic (exact) mass is 403 g/mol. The normalized spacial score (nSPS) is 18.0. The number of carbonyl (C=O) groups is 1. The van der Waals surface area contributed by atoms with Gasteiger partial charge in [-0.25, -0.2) is 0 Å². The van der Waals surface area contributed by atoms with Crippen LogP contribution in [0.5, 0.6) is 0 Å². The lowest BCUT2D eigenvalue weighted by Gasteiger charge is -2.33. The summed E-state index contributed by atoms with van der Waals surface area (Å²) in [6.45, 7) is 14.8. The first kappa shape index (κ1) is 23.2. The zero-order chi connectivity index (χ0) is 21.1. The molecule has 1 heterocycles. The third-order valence-electron chi connectivity index (χ3n) is 4.63. The molecule has 1 atom stereocenters. The summed E-state index contributed by atoms with van der Waals surface area (Å²) in [5.41, 5.74) is 1.76. The van der Waals surface area contributed by atoms with Crippen molar-refractivity contribution >= 4 is 11.9 Å². The van der Waals surface area contributed by atoms with Crippen LogP contribution in [0.4, 0.5) is 0 Å². The number of amides is 1. The molecule has 0 spiro atoms. The second-order valence-electron chi connectivity index (χ2n) is 7.92. The highest BCUT2D eigenvalue weighted by Crippen LogP contribution is 2.08. The van der Waals surface area contributed by atoms with Crippen LogP contribution in [0.3, 0.4) is 0 Å². The Bertz CT molecular complexity index is 662. The van der Waals surface area contributed by atoms with Crippen molar-refractivity contribution in [1.29, 1.82) is 0 Å². The van der Waals surface area contributed by atoms with Gasteiger partial charge in [0.15, 0.2) is 5.96 Å². The molecule has 1 aromatic carbocycles. The van der Waals surface area contributed by atoms with E-state index in [2.05, 4.69) is 39.7 Å². The molecule has 29 heavy (non-hydrogen) atoms. The molecule has 2 rings (SSSR count). The minimum Gasteiger partial charge on any atom is -0.374 e. The number of rotatable bonds is 9. The molecule has 1 fully saturated rings. The highest BCUT2D eigenvalue weighted by Gasteiger charge is 2.20. The molecular formula is C22H37N5O2. The molecule has 1 aliphatic rings. The van der Waals surface area contributed by atoms with Crippen LogP contribution in [0, 0.1) is 12.8 Å². The largest absolute Gasteiger partial charge is 0.374 e. The van der Waals surface area contributed by atoms with Crippen molar-refractivity contribution in [3.05, 3.63) is 35.4 Å². The van der Waals surface area contributed by atoms with E-state index in [1.807, 2.05) is 38.1 Å². The van der Waals surface area contributed by atoms with Crippen molar-refractivity contribution in [2.24, 2.45) is 10.9 Å². The van der Waals surface area contributed by atoms with E-state index in [1.54, 1.807) is 0 Å². The molecule has 3 N–H and O–H groups in total. The van der Waals surface area contributed by atoms with Crippen LogP contribution in [-0.4, -0.2) is 75.3 Å². The predicted molar refractivity (Wildman–Crippen MR) is 119 cm³/mol. The second-order valence-corrected chi connectivity index (χ2v) is 7.92. The first-order chi connectivity index (χ1) is 14.0. The van der Waals surface area contributed by atoms with Crippen LogP contribution < -0.4 is 16.0 Å². The lowest BCUT2D eigenvalue weighted by molar-refractivity contribution is -0.0261. The van der Waals surface area contributed by atoms with Gasteiger partial charge in [0.05, 0.1) is 19.3 Å². The van der Waals surface area contributed by atoms with Crippen molar-refractivity contribution in [3.8, 4) is 0 Å². The van der Waals surface area contributed by atoms with Gasteiger partial charge in [0, 0.05) is 44.8 Å². The Morgan fingerprint density at radius 3 is 2.79 bits per heavy atom. The van der Waals surface area contributed by atoms with Gasteiger partial charge in [-0.15, -0.1) is 0 Å². The zero-order valence-electron chi connectivity index (χ0n) is 18.3. The summed E-state index contributed by atoms with van der Waals surface area (Å²) in [4.78, 5) is 19.3. The molecule has 0 radical (unpaired) electrons. The number of hydrogen-bond donors (Lipinski definition) is 3. The minimum atomic E-state index is -0.0571. The number of benzene rings is 1. The Kier molecular flexibility index (Phi) is 9.94. The highest BCUT2D eigenvalue weighted by molar-refractivity contribution is 5.94. The number of nitrogens with one attached hydrogen (secondary N) is 3. The minimum absolute atomic E-state index is 0.0571. The molecule has 0 aliphatic carbocycles. The number of aliphatic imine (C=N–C) groups is 1. The first-order valence-electron chi connectivity index (χ1n) is 10.7. The van der Waals surface area contributed by atoms with E-state index in [-0.39, 0.29) is 12.0 Å². The molecule has 1 aliphatic heterocycles. The molecule has 0 bridgehead atoms. The summed E-state index contributed by atoms with van der Waals surface area (Å²) >= 11 is 0.